The maximum atomic E-state index is 5.63. The topological polar surface area (TPSA) is 76.4 Å². The number of aromatic amines is 1. The van der Waals surface area contributed by atoms with E-state index in [1.807, 2.05) is 31.1 Å². The molecule has 0 aliphatic carbocycles. The number of methoxy groups -OCH3 is 2. The van der Waals surface area contributed by atoms with Gasteiger partial charge in [-0.1, -0.05) is 0 Å². The highest BCUT2D eigenvalue weighted by molar-refractivity contribution is 5.76. The molecule has 3 N–H and O–H groups in total. The summed E-state index contributed by atoms with van der Waals surface area (Å²) in [6, 6.07) is 5.58. The smallest absolute Gasteiger partial charge is 0.145 e. The van der Waals surface area contributed by atoms with Crippen molar-refractivity contribution < 1.29 is 9.47 Å². The van der Waals surface area contributed by atoms with E-state index in [0.29, 0.717) is 5.82 Å². The second-order valence-corrected chi connectivity index (χ2v) is 4.33. The Morgan fingerprint density at radius 3 is 2.26 bits per heavy atom. The maximum Gasteiger partial charge on any atom is 0.145 e. The van der Waals surface area contributed by atoms with Gasteiger partial charge in [-0.15, -0.1) is 0 Å². The minimum Gasteiger partial charge on any atom is -0.496 e. The first-order valence-corrected chi connectivity index (χ1v) is 5.81. The Bertz CT molecular complexity index is 578. The summed E-state index contributed by atoms with van der Waals surface area (Å²) in [7, 11) is 7.17. The molecule has 6 heteroatoms. The predicted octanol–water partition coefficient (Wildman–Crippen LogP) is 1.74. The van der Waals surface area contributed by atoms with Crippen LogP contribution < -0.4 is 20.1 Å². The van der Waals surface area contributed by atoms with Crippen molar-refractivity contribution in [1.82, 2.24) is 10.2 Å². The number of anilines is 2. The predicted molar refractivity (Wildman–Crippen MR) is 75.9 cm³/mol. The van der Waals surface area contributed by atoms with Crippen molar-refractivity contribution in [1.29, 1.82) is 0 Å². The molecule has 1 aromatic heterocycles. The van der Waals surface area contributed by atoms with Crippen molar-refractivity contribution in [3.8, 4) is 22.8 Å². The van der Waals surface area contributed by atoms with Crippen LogP contribution >= 0.6 is 0 Å². The highest BCUT2D eigenvalue weighted by Gasteiger charge is 2.15. The van der Waals surface area contributed by atoms with E-state index in [1.54, 1.807) is 20.3 Å². The molecule has 6 nitrogen and oxygen atoms in total. The van der Waals surface area contributed by atoms with Crippen LogP contribution in [-0.4, -0.2) is 38.5 Å². The first-order valence-electron chi connectivity index (χ1n) is 5.81. The van der Waals surface area contributed by atoms with Gasteiger partial charge in [-0.25, -0.2) is 0 Å². The molecule has 0 fully saturated rings. The Kier molecular flexibility index (Phi) is 3.50. The number of aromatic nitrogens is 2. The second-order valence-electron chi connectivity index (χ2n) is 4.33. The van der Waals surface area contributed by atoms with E-state index in [1.165, 1.54) is 0 Å². The quantitative estimate of drug-likeness (QED) is 0.877. The van der Waals surface area contributed by atoms with Crippen molar-refractivity contribution in [2.45, 2.75) is 0 Å². The molecule has 0 bridgehead atoms. The van der Waals surface area contributed by atoms with Crippen molar-refractivity contribution in [2.24, 2.45) is 0 Å². The van der Waals surface area contributed by atoms with E-state index in [0.717, 1.165) is 28.4 Å². The number of hydrogen-bond donors (Lipinski definition) is 2. The number of nitrogens with two attached hydrogens (primary N) is 1. The summed E-state index contributed by atoms with van der Waals surface area (Å²) in [6.07, 6.45) is 0. The first-order chi connectivity index (χ1) is 9.06. The number of benzene rings is 1. The minimum atomic E-state index is 0.438. The van der Waals surface area contributed by atoms with Gasteiger partial charge in [0.15, 0.2) is 0 Å². The fraction of sp³-hybridized carbons (Fsp3) is 0.308. The Labute approximate surface area is 112 Å². The van der Waals surface area contributed by atoms with Crippen LogP contribution in [0.2, 0.25) is 0 Å². The average Bonchev–Trinajstić information content (AvgIpc) is 2.83. The van der Waals surface area contributed by atoms with Crippen LogP contribution in [0, 0.1) is 0 Å². The number of H-pyrrole nitrogens is 1. The number of nitrogen functional groups attached to an aromatic ring is 1. The lowest BCUT2D eigenvalue weighted by Gasteiger charge is -2.19. The largest absolute Gasteiger partial charge is 0.496 e. The van der Waals surface area contributed by atoms with E-state index >= 15 is 0 Å². The zero-order valence-electron chi connectivity index (χ0n) is 11.5. The standard InChI is InChI=1S/C13H18N4O2/c1-17(2)10-7-11(18-3)8(5-12(10)19-4)9-6-13(14)16-15-9/h5-7H,1-4H3,(H3,14,15,16). The van der Waals surface area contributed by atoms with E-state index in [-0.39, 0.29) is 0 Å². The maximum absolute atomic E-state index is 5.63. The number of rotatable bonds is 4. The molecule has 0 saturated heterocycles. The minimum absolute atomic E-state index is 0.438. The van der Waals surface area contributed by atoms with E-state index in [4.69, 9.17) is 15.2 Å². The summed E-state index contributed by atoms with van der Waals surface area (Å²) in [4.78, 5) is 1.96. The van der Waals surface area contributed by atoms with Gasteiger partial charge in [0.1, 0.15) is 17.3 Å². The number of ether oxygens (including phenoxy) is 2. The zero-order chi connectivity index (χ0) is 14.0. The highest BCUT2D eigenvalue weighted by atomic mass is 16.5. The van der Waals surface area contributed by atoms with E-state index in [2.05, 4.69) is 10.2 Å². The molecular weight excluding hydrogens is 244 g/mol. The third kappa shape index (κ3) is 2.42. The van der Waals surface area contributed by atoms with Gasteiger partial charge in [0, 0.05) is 31.8 Å². The fourth-order valence-corrected chi connectivity index (χ4v) is 1.92. The summed E-state index contributed by atoms with van der Waals surface area (Å²) >= 11 is 0. The summed E-state index contributed by atoms with van der Waals surface area (Å²) in [5.74, 6) is 1.93. The molecular formula is C13H18N4O2. The molecule has 0 atom stereocenters. The van der Waals surface area contributed by atoms with Crippen molar-refractivity contribution in [3.05, 3.63) is 18.2 Å². The van der Waals surface area contributed by atoms with Crippen LogP contribution in [0.25, 0.3) is 11.3 Å². The molecule has 1 heterocycles. The Morgan fingerprint density at radius 2 is 1.79 bits per heavy atom. The van der Waals surface area contributed by atoms with Gasteiger partial charge in [0.05, 0.1) is 25.6 Å². The van der Waals surface area contributed by atoms with Crippen LogP contribution in [0.3, 0.4) is 0 Å². The molecule has 102 valence electrons. The molecule has 2 rings (SSSR count). The van der Waals surface area contributed by atoms with Gasteiger partial charge in [-0.2, -0.15) is 5.10 Å². The summed E-state index contributed by atoms with van der Waals surface area (Å²) in [5, 5.41) is 6.80. The molecule has 0 unspecified atom stereocenters. The van der Waals surface area contributed by atoms with Gasteiger partial charge < -0.3 is 20.1 Å². The van der Waals surface area contributed by atoms with Crippen LogP contribution in [0.15, 0.2) is 18.2 Å². The van der Waals surface area contributed by atoms with Gasteiger partial charge in [-0.05, 0) is 6.07 Å². The van der Waals surface area contributed by atoms with Crippen LogP contribution in [0.5, 0.6) is 11.5 Å². The fourth-order valence-electron chi connectivity index (χ4n) is 1.92. The third-order valence-electron chi connectivity index (χ3n) is 2.87. The molecule has 0 saturated carbocycles. The lowest BCUT2D eigenvalue weighted by Crippen LogP contribution is -2.10. The molecule has 0 aliphatic heterocycles. The summed E-state index contributed by atoms with van der Waals surface area (Å²) < 4.78 is 10.8. The lowest BCUT2D eigenvalue weighted by atomic mass is 10.1. The van der Waals surface area contributed by atoms with Crippen molar-refractivity contribution in [3.63, 3.8) is 0 Å². The second kappa shape index (κ2) is 5.09. The normalized spacial score (nSPS) is 10.3. The van der Waals surface area contributed by atoms with Gasteiger partial charge in [0.25, 0.3) is 0 Å². The van der Waals surface area contributed by atoms with Gasteiger partial charge >= 0.3 is 0 Å². The third-order valence-corrected chi connectivity index (χ3v) is 2.87. The Hall–Kier alpha value is -2.37. The van der Waals surface area contributed by atoms with Gasteiger partial charge in [0.2, 0.25) is 0 Å². The van der Waals surface area contributed by atoms with Crippen molar-refractivity contribution in [2.75, 3.05) is 38.9 Å². The van der Waals surface area contributed by atoms with Crippen LogP contribution in [-0.2, 0) is 0 Å². The molecule has 1 aromatic carbocycles. The van der Waals surface area contributed by atoms with Crippen LogP contribution in [0.1, 0.15) is 0 Å². The van der Waals surface area contributed by atoms with E-state index in [9.17, 15) is 0 Å². The summed E-state index contributed by atoms with van der Waals surface area (Å²) in [5.41, 5.74) is 8.22. The highest BCUT2D eigenvalue weighted by Crippen LogP contribution is 2.39. The lowest BCUT2D eigenvalue weighted by molar-refractivity contribution is 0.405. The molecule has 2 aromatic rings. The molecule has 0 amide bonds. The molecule has 19 heavy (non-hydrogen) atoms. The Balaban J connectivity index is 2.60. The molecule has 0 radical (unpaired) electrons. The summed E-state index contributed by atoms with van der Waals surface area (Å²) in [6.45, 7) is 0. The van der Waals surface area contributed by atoms with Crippen molar-refractivity contribution >= 4 is 11.5 Å². The van der Waals surface area contributed by atoms with Crippen LogP contribution in [0.4, 0.5) is 11.5 Å². The molecule has 0 aliphatic rings. The number of hydrogen-bond acceptors (Lipinski definition) is 5. The first kappa shape index (κ1) is 13.1. The SMILES string of the molecule is COc1cc(N(C)C)c(OC)cc1-c1cc(N)n[nH]1. The monoisotopic (exact) mass is 262 g/mol. The number of nitrogens with zero attached hydrogens (tertiary/aromatic N) is 2. The van der Waals surface area contributed by atoms with E-state index < -0.39 is 0 Å². The average molecular weight is 262 g/mol. The number of nitrogens with one attached hydrogen (secondary N) is 1. The molecule has 0 spiro atoms. The zero-order valence-corrected chi connectivity index (χ0v) is 11.5. The van der Waals surface area contributed by atoms with Gasteiger partial charge in [-0.3, -0.25) is 5.10 Å². The Morgan fingerprint density at radius 1 is 1.11 bits per heavy atom.